The average Bonchev–Trinajstić information content (AvgIpc) is 2.63. The second-order valence-corrected chi connectivity index (χ2v) is 9.07. The molecule has 1 N–H and O–H groups in total. The molecule has 1 unspecified atom stereocenters. The number of carbonyl (C=O) groups excluding carboxylic acids is 1. The Bertz CT molecular complexity index is 895. The quantitative estimate of drug-likeness (QED) is 0.686. The van der Waals surface area contributed by atoms with E-state index in [1.807, 2.05) is 13.0 Å². The molecule has 5 nitrogen and oxygen atoms in total. The van der Waals surface area contributed by atoms with E-state index in [-0.39, 0.29) is 24.9 Å². The Morgan fingerprint density at radius 2 is 1.79 bits per heavy atom. The first kappa shape index (κ1) is 22.0. The van der Waals surface area contributed by atoms with Crippen molar-refractivity contribution in [1.82, 2.24) is 5.32 Å². The van der Waals surface area contributed by atoms with Gasteiger partial charge in [-0.2, -0.15) is 0 Å². The van der Waals surface area contributed by atoms with Crippen LogP contribution in [0.25, 0.3) is 0 Å². The van der Waals surface area contributed by atoms with Crippen LogP contribution in [0.15, 0.2) is 48.5 Å². The Hall–Kier alpha value is -2.34. The fraction of sp³-hybridized carbons (Fsp3) is 0.409. The Morgan fingerprint density at radius 3 is 2.36 bits per heavy atom. The van der Waals surface area contributed by atoms with Crippen molar-refractivity contribution < 1.29 is 13.2 Å². The van der Waals surface area contributed by atoms with Gasteiger partial charge in [-0.25, -0.2) is 8.42 Å². The number of amides is 1. The van der Waals surface area contributed by atoms with Crippen molar-refractivity contribution in [2.45, 2.75) is 46.1 Å². The molecule has 0 saturated carbocycles. The van der Waals surface area contributed by atoms with Gasteiger partial charge in [0.05, 0.1) is 18.0 Å². The second-order valence-electron chi connectivity index (χ2n) is 7.16. The van der Waals surface area contributed by atoms with Crippen molar-refractivity contribution >= 4 is 21.6 Å². The second kappa shape index (κ2) is 9.73. The van der Waals surface area contributed by atoms with Crippen LogP contribution in [-0.2, 0) is 14.8 Å². The molecule has 1 atom stereocenters. The topological polar surface area (TPSA) is 66.5 Å². The number of nitrogens with zero attached hydrogens (tertiary/aromatic N) is 1. The summed E-state index contributed by atoms with van der Waals surface area (Å²) in [4.78, 5) is 12.5. The lowest BCUT2D eigenvalue weighted by Crippen LogP contribution is -2.33. The molecule has 6 heteroatoms. The van der Waals surface area contributed by atoms with Crippen molar-refractivity contribution in [3.63, 3.8) is 0 Å². The third-order valence-corrected chi connectivity index (χ3v) is 5.95. The van der Waals surface area contributed by atoms with Crippen molar-refractivity contribution in [3.05, 3.63) is 65.2 Å². The lowest BCUT2D eigenvalue weighted by molar-refractivity contribution is -0.121. The summed E-state index contributed by atoms with van der Waals surface area (Å²) >= 11 is 0. The summed E-state index contributed by atoms with van der Waals surface area (Å²) in [5, 5.41) is 3.09. The van der Waals surface area contributed by atoms with E-state index in [2.05, 4.69) is 37.4 Å². The highest BCUT2D eigenvalue weighted by atomic mass is 32.2. The van der Waals surface area contributed by atoms with Gasteiger partial charge in [-0.15, -0.1) is 0 Å². The third kappa shape index (κ3) is 6.09. The van der Waals surface area contributed by atoms with Gasteiger partial charge in [0.25, 0.3) is 0 Å². The van der Waals surface area contributed by atoms with Gasteiger partial charge in [0.1, 0.15) is 0 Å². The van der Waals surface area contributed by atoms with Gasteiger partial charge in [0.15, 0.2) is 0 Å². The summed E-state index contributed by atoms with van der Waals surface area (Å²) in [5.74, 6) is -0.0617. The van der Waals surface area contributed by atoms with Crippen LogP contribution in [-0.4, -0.2) is 27.1 Å². The number of anilines is 1. The Kier molecular flexibility index (Phi) is 7.63. The minimum absolute atomic E-state index is 0.0340. The molecule has 2 aromatic carbocycles. The maximum absolute atomic E-state index is 12.5. The number of hydrogen-bond donors (Lipinski definition) is 1. The summed E-state index contributed by atoms with van der Waals surface area (Å²) in [5.41, 5.74) is 4.11. The summed E-state index contributed by atoms with van der Waals surface area (Å²) in [6.45, 7) is 6.43. The predicted molar refractivity (Wildman–Crippen MR) is 115 cm³/mol. The number of aryl methyl sites for hydroxylation is 2. The van der Waals surface area contributed by atoms with Crippen molar-refractivity contribution in [2.75, 3.05) is 17.1 Å². The van der Waals surface area contributed by atoms with E-state index in [4.69, 9.17) is 0 Å². The van der Waals surface area contributed by atoms with E-state index >= 15 is 0 Å². The van der Waals surface area contributed by atoms with Gasteiger partial charge in [-0.05, 0) is 49.9 Å². The molecule has 0 aliphatic rings. The Balaban J connectivity index is 1.97. The van der Waals surface area contributed by atoms with E-state index in [0.29, 0.717) is 12.1 Å². The molecule has 0 radical (unpaired) electrons. The predicted octanol–water partition coefficient (Wildman–Crippen LogP) is 4.12. The average molecular weight is 403 g/mol. The minimum atomic E-state index is -3.39. The SMILES string of the molecule is CCC(NC(=O)CCCN(c1ccccc1)S(C)(=O)=O)c1ccc(C)cc1C. The fourth-order valence-corrected chi connectivity index (χ4v) is 4.31. The minimum Gasteiger partial charge on any atom is -0.349 e. The Morgan fingerprint density at radius 1 is 1.11 bits per heavy atom. The molecule has 1 amide bonds. The molecule has 0 aliphatic carbocycles. The van der Waals surface area contributed by atoms with Crippen LogP contribution in [0, 0.1) is 13.8 Å². The smallest absolute Gasteiger partial charge is 0.232 e. The maximum atomic E-state index is 12.5. The van der Waals surface area contributed by atoms with Gasteiger partial charge in [-0.1, -0.05) is 48.9 Å². The van der Waals surface area contributed by atoms with E-state index in [9.17, 15) is 13.2 Å². The number of nitrogens with one attached hydrogen (secondary N) is 1. The summed E-state index contributed by atoms with van der Waals surface area (Å²) < 4.78 is 25.6. The largest absolute Gasteiger partial charge is 0.349 e. The number of rotatable bonds is 9. The summed E-state index contributed by atoms with van der Waals surface area (Å²) in [6.07, 6.45) is 2.72. The maximum Gasteiger partial charge on any atom is 0.232 e. The highest BCUT2D eigenvalue weighted by Crippen LogP contribution is 2.22. The number of para-hydroxylation sites is 1. The molecule has 28 heavy (non-hydrogen) atoms. The monoisotopic (exact) mass is 402 g/mol. The molecule has 152 valence electrons. The first-order valence-corrected chi connectivity index (χ1v) is 11.5. The highest BCUT2D eigenvalue weighted by Gasteiger charge is 2.18. The van der Waals surface area contributed by atoms with Crippen molar-refractivity contribution in [1.29, 1.82) is 0 Å². The van der Waals surface area contributed by atoms with E-state index < -0.39 is 10.0 Å². The van der Waals surface area contributed by atoms with Gasteiger partial charge in [-0.3, -0.25) is 9.10 Å². The first-order valence-electron chi connectivity index (χ1n) is 9.61. The van der Waals surface area contributed by atoms with Crippen LogP contribution in [0.5, 0.6) is 0 Å². The molecular formula is C22H30N2O3S. The lowest BCUT2D eigenvalue weighted by atomic mass is 9.97. The van der Waals surface area contributed by atoms with Crippen molar-refractivity contribution in [3.8, 4) is 0 Å². The number of carbonyl (C=O) groups is 1. The van der Waals surface area contributed by atoms with Crippen molar-refractivity contribution in [2.24, 2.45) is 0 Å². The van der Waals surface area contributed by atoms with E-state index in [1.54, 1.807) is 24.3 Å². The van der Waals surface area contributed by atoms with Gasteiger partial charge in [0, 0.05) is 13.0 Å². The zero-order valence-corrected chi connectivity index (χ0v) is 17.9. The number of benzene rings is 2. The first-order chi connectivity index (χ1) is 13.2. The molecule has 0 spiro atoms. The van der Waals surface area contributed by atoms with E-state index in [1.165, 1.54) is 21.7 Å². The molecule has 0 bridgehead atoms. The normalized spacial score (nSPS) is 12.4. The lowest BCUT2D eigenvalue weighted by Gasteiger charge is -2.23. The highest BCUT2D eigenvalue weighted by molar-refractivity contribution is 7.92. The Labute approximate surface area is 168 Å². The number of hydrogen-bond acceptors (Lipinski definition) is 3. The molecule has 0 fully saturated rings. The van der Waals surface area contributed by atoms with Gasteiger partial charge in [0.2, 0.25) is 15.9 Å². The van der Waals surface area contributed by atoms with Gasteiger partial charge >= 0.3 is 0 Å². The van der Waals surface area contributed by atoms with Crippen LogP contribution in [0.4, 0.5) is 5.69 Å². The molecule has 2 rings (SSSR count). The standard InChI is InChI=1S/C22H30N2O3S/c1-5-21(20-14-13-17(2)16-18(20)3)23-22(25)12-9-15-24(28(4,26)27)19-10-7-6-8-11-19/h6-8,10-11,13-14,16,21H,5,9,12,15H2,1-4H3,(H,23,25). The molecular weight excluding hydrogens is 372 g/mol. The molecule has 0 aromatic heterocycles. The number of sulfonamides is 1. The summed E-state index contributed by atoms with van der Waals surface area (Å²) in [6, 6.07) is 15.2. The summed E-state index contributed by atoms with van der Waals surface area (Å²) in [7, 11) is -3.39. The van der Waals surface area contributed by atoms with Gasteiger partial charge < -0.3 is 5.32 Å². The zero-order valence-electron chi connectivity index (χ0n) is 17.1. The van der Waals surface area contributed by atoms with Crippen LogP contribution in [0.3, 0.4) is 0 Å². The van der Waals surface area contributed by atoms with Crippen LogP contribution < -0.4 is 9.62 Å². The fourth-order valence-electron chi connectivity index (χ4n) is 3.35. The van der Waals surface area contributed by atoms with Crippen LogP contribution in [0.1, 0.15) is 48.9 Å². The third-order valence-electron chi connectivity index (χ3n) is 4.75. The molecule has 0 aliphatic heterocycles. The molecule has 2 aromatic rings. The molecule has 0 saturated heterocycles. The van der Waals surface area contributed by atoms with E-state index in [0.717, 1.165) is 12.0 Å². The molecule has 0 heterocycles. The zero-order chi connectivity index (χ0) is 20.7. The van der Waals surface area contributed by atoms with Crippen LogP contribution in [0.2, 0.25) is 0 Å². The van der Waals surface area contributed by atoms with Crippen LogP contribution >= 0.6 is 0 Å².